The van der Waals surface area contributed by atoms with E-state index in [1.54, 1.807) is 0 Å². The number of nitrogens with zero attached hydrogens (tertiary/aromatic N) is 1. The molecule has 0 saturated carbocycles. The van der Waals surface area contributed by atoms with E-state index in [1.165, 1.54) is 12.1 Å². The Balaban J connectivity index is 2.20. The van der Waals surface area contributed by atoms with Crippen LogP contribution in [0.25, 0.3) is 0 Å². The van der Waals surface area contributed by atoms with E-state index >= 15 is 0 Å². The van der Waals surface area contributed by atoms with Crippen molar-refractivity contribution in [2.75, 3.05) is 6.61 Å². The number of hydrogen-bond acceptors (Lipinski definition) is 4. The first kappa shape index (κ1) is 15.9. The first-order chi connectivity index (χ1) is 10.0. The second kappa shape index (κ2) is 6.95. The molecule has 0 bridgehead atoms. The Labute approximate surface area is 135 Å². The largest absolute Gasteiger partial charge is 0.492 e. The van der Waals surface area contributed by atoms with Gasteiger partial charge >= 0.3 is 5.88 Å². The summed E-state index contributed by atoms with van der Waals surface area (Å²) >= 11 is 9.72. The highest BCUT2D eigenvalue weighted by atomic mass is 79.9. The summed E-state index contributed by atoms with van der Waals surface area (Å²) in [6.07, 6.45) is 0.919. The molecule has 0 aliphatic heterocycles. The van der Waals surface area contributed by atoms with Crippen LogP contribution >= 0.6 is 27.5 Å². The van der Waals surface area contributed by atoms with Gasteiger partial charge in [0.15, 0.2) is 0 Å². The summed E-state index contributed by atoms with van der Waals surface area (Å²) in [5.41, 5.74) is 0.761. The monoisotopic (exact) mass is 373 g/mol. The summed E-state index contributed by atoms with van der Waals surface area (Å²) in [5, 5.41) is 10.0. The van der Waals surface area contributed by atoms with Crippen LogP contribution in [0, 0.1) is 10.1 Å². The third-order valence-corrected chi connectivity index (χ3v) is 3.84. The van der Waals surface area contributed by atoms with Gasteiger partial charge < -0.3 is 9.15 Å². The molecule has 0 amide bonds. The molecule has 1 heterocycles. The lowest BCUT2D eigenvalue weighted by Crippen LogP contribution is -1.97. The predicted octanol–water partition coefficient (Wildman–Crippen LogP) is 5.07. The summed E-state index contributed by atoms with van der Waals surface area (Å²) in [5.74, 6) is 0.741. The van der Waals surface area contributed by atoms with Gasteiger partial charge in [-0.1, -0.05) is 13.0 Å². The minimum absolute atomic E-state index is 0.322. The maximum absolute atomic E-state index is 10.6. The minimum Gasteiger partial charge on any atom is -0.492 e. The Morgan fingerprint density at radius 3 is 2.76 bits per heavy atom. The van der Waals surface area contributed by atoms with E-state index < -0.39 is 10.3 Å². The molecule has 0 N–H and O–H groups in total. The molecule has 0 saturated heterocycles. The summed E-state index contributed by atoms with van der Waals surface area (Å²) in [4.78, 5) is 10.0. The molecule has 0 spiro atoms. The van der Waals surface area contributed by atoms with Gasteiger partial charge in [0, 0.05) is 0 Å². The zero-order chi connectivity index (χ0) is 15.4. The van der Waals surface area contributed by atoms with Crippen molar-refractivity contribution >= 4 is 33.4 Å². The van der Waals surface area contributed by atoms with Crippen LogP contribution in [0.1, 0.15) is 30.0 Å². The quantitative estimate of drug-likeness (QED) is 0.402. The highest BCUT2D eigenvalue weighted by molar-refractivity contribution is 9.10. The van der Waals surface area contributed by atoms with Crippen molar-refractivity contribution in [2.45, 2.75) is 18.7 Å². The van der Waals surface area contributed by atoms with Gasteiger partial charge in [-0.05, 0) is 46.1 Å². The topological polar surface area (TPSA) is 65.5 Å². The number of halogens is 2. The van der Waals surface area contributed by atoms with Crippen LogP contribution < -0.4 is 4.74 Å². The molecule has 1 atom stereocenters. The van der Waals surface area contributed by atoms with Crippen LogP contribution in [0.3, 0.4) is 0 Å². The second-order valence-electron chi connectivity index (χ2n) is 4.33. The van der Waals surface area contributed by atoms with Crippen molar-refractivity contribution in [3.8, 4) is 5.75 Å². The highest BCUT2D eigenvalue weighted by Gasteiger charge is 2.20. The summed E-state index contributed by atoms with van der Waals surface area (Å²) in [7, 11) is 0. The van der Waals surface area contributed by atoms with Crippen molar-refractivity contribution in [1.82, 2.24) is 0 Å². The molecular formula is C14H13BrClNO4. The van der Waals surface area contributed by atoms with Gasteiger partial charge in [-0.3, -0.25) is 10.1 Å². The van der Waals surface area contributed by atoms with E-state index in [0.717, 1.165) is 22.2 Å². The third-order valence-electron chi connectivity index (χ3n) is 2.75. The smallest absolute Gasteiger partial charge is 0.433 e. The molecular weight excluding hydrogens is 362 g/mol. The summed E-state index contributed by atoms with van der Waals surface area (Å²) in [6.45, 7) is 2.66. The van der Waals surface area contributed by atoms with Gasteiger partial charge in [-0.15, -0.1) is 11.6 Å². The number of furan rings is 1. The van der Waals surface area contributed by atoms with Crippen LogP contribution in [0.15, 0.2) is 39.2 Å². The Bertz CT molecular complexity index is 644. The summed E-state index contributed by atoms with van der Waals surface area (Å²) in [6, 6.07) is 8.23. The van der Waals surface area contributed by atoms with E-state index in [2.05, 4.69) is 15.9 Å². The van der Waals surface area contributed by atoms with Crippen molar-refractivity contribution in [2.24, 2.45) is 0 Å². The van der Waals surface area contributed by atoms with Gasteiger partial charge in [-0.2, -0.15) is 0 Å². The molecule has 0 fully saturated rings. The molecule has 112 valence electrons. The second-order valence-corrected chi connectivity index (χ2v) is 5.62. The zero-order valence-electron chi connectivity index (χ0n) is 11.2. The Morgan fingerprint density at radius 2 is 2.19 bits per heavy atom. The van der Waals surface area contributed by atoms with E-state index in [9.17, 15) is 10.1 Å². The normalized spacial score (nSPS) is 12.1. The first-order valence-electron chi connectivity index (χ1n) is 6.33. The van der Waals surface area contributed by atoms with E-state index in [4.69, 9.17) is 20.8 Å². The van der Waals surface area contributed by atoms with Crippen molar-refractivity contribution in [3.05, 3.63) is 56.2 Å². The fourth-order valence-electron chi connectivity index (χ4n) is 1.74. The molecule has 2 aromatic rings. The average Bonchev–Trinajstić information content (AvgIpc) is 2.95. The van der Waals surface area contributed by atoms with Gasteiger partial charge in [0.05, 0.1) is 17.1 Å². The van der Waals surface area contributed by atoms with Crippen molar-refractivity contribution in [3.63, 3.8) is 0 Å². The summed E-state index contributed by atoms with van der Waals surface area (Å²) < 4.78 is 11.5. The minimum atomic E-state index is -0.602. The number of benzene rings is 1. The molecule has 1 unspecified atom stereocenters. The maximum atomic E-state index is 10.6. The Kier molecular flexibility index (Phi) is 5.25. The van der Waals surface area contributed by atoms with Gasteiger partial charge in [0.25, 0.3) is 0 Å². The first-order valence-corrected chi connectivity index (χ1v) is 7.56. The third kappa shape index (κ3) is 3.77. The van der Waals surface area contributed by atoms with Crippen LogP contribution in [0.2, 0.25) is 0 Å². The molecule has 0 aliphatic carbocycles. The Hall–Kier alpha value is -1.53. The lowest BCUT2D eigenvalue weighted by Gasteiger charge is -2.11. The Morgan fingerprint density at radius 1 is 1.43 bits per heavy atom. The molecule has 7 heteroatoms. The average molecular weight is 375 g/mol. The molecule has 1 aromatic heterocycles. The predicted molar refractivity (Wildman–Crippen MR) is 83.0 cm³/mol. The zero-order valence-corrected chi connectivity index (χ0v) is 13.6. The van der Waals surface area contributed by atoms with E-state index in [1.807, 2.05) is 25.1 Å². The number of nitro groups is 1. The van der Waals surface area contributed by atoms with Gasteiger partial charge in [0.2, 0.25) is 0 Å². The molecule has 21 heavy (non-hydrogen) atoms. The number of alkyl halides is 1. The SMILES string of the molecule is CCCOc1ccc(C(Cl)c2ccc([N+](=O)[O-])o2)cc1Br. The molecule has 1 aromatic carbocycles. The molecule has 0 aliphatic rings. The molecule has 0 radical (unpaired) electrons. The maximum Gasteiger partial charge on any atom is 0.433 e. The van der Waals surface area contributed by atoms with Crippen molar-refractivity contribution < 1.29 is 14.1 Å². The van der Waals surface area contributed by atoms with Gasteiger partial charge in [-0.25, -0.2) is 0 Å². The van der Waals surface area contributed by atoms with Crippen LogP contribution in [0.5, 0.6) is 5.75 Å². The van der Waals surface area contributed by atoms with Gasteiger partial charge in [0.1, 0.15) is 21.8 Å². The van der Waals surface area contributed by atoms with Crippen molar-refractivity contribution in [1.29, 1.82) is 0 Å². The number of hydrogen-bond donors (Lipinski definition) is 0. The molecule has 5 nitrogen and oxygen atoms in total. The van der Waals surface area contributed by atoms with E-state index in [-0.39, 0.29) is 5.88 Å². The molecule has 2 rings (SSSR count). The van der Waals surface area contributed by atoms with E-state index in [0.29, 0.717) is 12.4 Å². The van der Waals surface area contributed by atoms with Crippen LogP contribution in [-0.4, -0.2) is 11.5 Å². The fourth-order valence-corrected chi connectivity index (χ4v) is 2.51. The number of ether oxygens (including phenoxy) is 1. The highest BCUT2D eigenvalue weighted by Crippen LogP contribution is 2.35. The standard InChI is InChI=1S/C14H13BrClNO4/c1-2-7-20-11-4-3-9(8-10(11)15)14(16)12-5-6-13(21-12)17(18)19/h3-6,8,14H,2,7H2,1H3. The number of rotatable bonds is 6. The lowest BCUT2D eigenvalue weighted by atomic mass is 10.1. The van der Waals surface area contributed by atoms with Crippen LogP contribution in [-0.2, 0) is 0 Å². The van der Waals surface area contributed by atoms with Crippen LogP contribution in [0.4, 0.5) is 5.88 Å². The lowest BCUT2D eigenvalue weighted by molar-refractivity contribution is -0.402. The fraction of sp³-hybridized carbons (Fsp3) is 0.286.